The molecule has 0 radical (unpaired) electrons. The SMILES string of the molecule is CC(C)(C)OC(=O)N1CCC(C)(OCc2cccnc2)C1. The summed E-state index contributed by atoms with van der Waals surface area (Å²) in [7, 11) is 0. The molecule has 1 aliphatic heterocycles. The number of hydrogen-bond acceptors (Lipinski definition) is 4. The Balaban J connectivity index is 1.87. The first kappa shape index (κ1) is 15.8. The monoisotopic (exact) mass is 292 g/mol. The molecule has 1 amide bonds. The van der Waals surface area contributed by atoms with Gasteiger partial charge in [0.2, 0.25) is 0 Å². The third-order valence-corrected chi connectivity index (χ3v) is 3.40. The quantitative estimate of drug-likeness (QED) is 0.859. The summed E-state index contributed by atoms with van der Waals surface area (Å²) in [6.45, 7) is 9.39. The molecule has 1 aromatic rings. The average Bonchev–Trinajstić information content (AvgIpc) is 2.79. The van der Waals surface area contributed by atoms with Crippen molar-refractivity contribution in [2.24, 2.45) is 0 Å². The predicted molar refractivity (Wildman–Crippen MR) is 79.9 cm³/mol. The Morgan fingerprint density at radius 1 is 1.48 bits per heavy atom. The largest absolute Gasteiger partial charge is 0.444 e. The van der Waals surface area contributed by atoms with Crippen LogP contribution in [0.1, 0.15) is 39.7 Å². The van der Waals surface area contributed by atoms with Crippen LogP contribution in [-0.2, 0) is 16.1 Å². The Kier molecular flexibility index (Phi) is 4.52. The highest BCUT2D eigenvalue weighted by Crippen LogP contribution is 2.27. The third-order valence-electron chi connectivity index (χ3n) is 3.40. The summed E-state index contributed by atoms with van der Waals surface area (Å²) in [4.78, 5) is 17.8. The van der Waals surface area contributed by atoms with Crippen LogP contribution in [0, 0.1) is 0 Å². The number of carbonyl (C=O) groups excluding carboxylic acids is 1. The lowest BCUT2D eigenvalue weighted by Gasteiger charge is -2.27. The molecule has 0 aliphatic carbocycles. The van der Waals surface area contributed by atoms with E-state index in [4.69, 9.17) is 9.47 Å². The summed E-state index contributed by atoms with van der Waals surface area (Å²) in [5, 5.41) is 0. The van der Waals surface area contributed by atoms with Crippen molar-refractivity contribution in [3.05, 3.63) is 30.1 Å². The fourth-order valence-corrected chi connectivity index (χ4v) is 2.27. The molecule has 5 nitrogen and oxygen atoms in total. The van der Waals surface area contributed by atoms with E-state index in [-0.39, 0.29) is 11.7 Å². The number of amides is 1. The van der Waals surface area contributed by atoms with Crippen LogP contribution < -0.4 is 0 Å². The molecule has 21 heavy (non-hydrogen) atoms. The zero-order valence-electron chi connectivity index (χ0n) is 13.3. The predicted octanol–water partition coefficient (Wildman–Crippen LogP) is 3.00. The number of aromatic nitrogens is 1. The number of rotatable bonds is 3. The second-order valence-electron chi connectivity index (χ2n) is 6.75. The molecule has 0 saturated carbocycles. The molecule has 0 bridgehead atoms. The van der Waals surface area contributed by atoms with E-state index < -0.39 is 5.60 Å². The Morgan fingerprint density at radius 2 is 2.24 bits per heavy atom. The number of pyridine rings is 1. The van der Waals surface area contributed by atoms with Gasteiger partial charge in [-0.25, -0.2) is 4.79 Å². The minimum atomic E-state index is -0.466. The highest BCUT2D eigenvalue weighted by Gasteiger charge is 2.38. The van der Waals surface area contributed by atoms with Crippen molar-refractivity contribution < 1.29 is 14.3 Å². The Morgan fingerprint density at radius 3 is 2.86 bits per heavy atom. The Bertz CT molecular complexity index is 484. The minimum absolute atomic E-state index is 0.267. The van der Waals surface area contributed by atoms with Crippen LogP contribution in [-0.4, -0.2) is 40.3 Å². The van der Waals surface area contributed by atoms with Gasteiger partial charge < -0.3 is 14.4 Å². The normalized spacial score (nSPS) is 22.4. The number of carbonyl (C=O) groups is 1. The van der Waals surface area contributed by atoms with Gasteiger partial charge >= 0.3 is 6.09 Å². The summed E-state index contributed by atoms with van der Waals surface area (Å²) < 4.78 is 11.4. The Hall–Kier alpha value is -1.62. The van der Waals surface area contributed by atoms with E-state index in [1.807, 2.05) is 39.8 Å². The molecule has 1 aromatic heterocycles. The molecule has 2 rings (SSSR count). The van der Waals surface area contributed by atoms with Crippen molar-refractivity contribution in [2.75, 3.05) is 13.1 Å². The second-order valence-corrected chi connectivity index (χ2v) is 6.75. The van der Waals surface area contributed by atoms with Crippen molar-refractivity contribution in [1.82, 2.24) is 9.88 Å². The molecule has 2 heterocycles. The number of ether oxygens (including phenoxy) is 2. The van der Waals surface area contributed by atoms with Gasteiger partial charge in [0.15, 0.2) is 0 Å². The fraction of sp³-hybridized carbons (Fsp3) is 0.625. The first-order valence-corrected chi connectivity index (χ1v) is 7.28. The van der Waals surface area contributed by atoms with Gasteiger partial charge in [-0.2, -0.15) is 0 Å². The van der Waals surface area contributed by atoms with E-state index in [1.54, 1.807) is 17.3 Å². The second kappa shape index (κ2) is 6.02. The highest BCUT2D eigenvalue weighted by molar-refractivity contribution is 5.68. The van der Waals surface area contributed by atoms with Crippen LogP contribution >= 0.6 is 0 Å². The maximum atomic E-state index is 12.1. The van der Waals surface area contributed by atoms with Gasteiger partial charge in [0.1, 0.15) is 5.60 Å². The molecule has 1 atom stereocenters. The van der Waals surface area contributed by atoms with E-state index in [0.29, 0.717) is 19.7 Å². The lowest BCUT2D eigenvalue weighted by molar-refractivity contribution is -0.0375. The van der Waals surface area contributed by atoms with Gasteiger partial charge in [-0.1, -0.05) is 6.07 Å². The molecule has 1 saturated heterocycles. The van der Waals surface area contributed by atoms with Gasteiger partial charge in [0.05, 0.1) is 18.8 Å². The lowest BCUT2D eigenvalue weighted by Crippen LogP contribution is -2.39. The topological polar surface area (TPSA) is 51.7 Å². The molecule has 1 aliphatic rings. The van der Waals surface area contributed by atoms with Crippen LogP contribution in [0.5, 0.6) is 0 Å². The van der Waals surface area contributed by atoms with Gasteiger partial charge in [-0.15, -0.1) is 0 Å². The zero-order valence-corrected chi connectivity index (χ0v) is 13.3. The molecular weight excluding hydrogens is 268 g/mol. The summed E-state index contributed by atoms with van der Waals surface area (Å²) >= 11 is 0. The standard InChI is InChI=1S/C16H24N2O3/c1-15(2,3)21-14(19)18-9-7-16(4,12-18)20-11-13-6-5-8-17-10-13/h5-6,8,10H,7,9,11-12H2,1-4H3. The Labute approximate surface area is 126 Å². The van der Waals surface area contributed by atoms with Crippen LogP contribution in [0.4, 0.5) is 4.79 Å². The molecule has 116 valence electrons. The summed E-state index contributed by atoms with van der Waals surface area (Å²) in [5.41, 5.74) is 0.244. The van der Waals surface area contributed by atoms with E-state index >= 15 is 0 Å². The smallest absolute Gasteiger partial charge is 0.410 e. The van der Waals surface area contributed by atoms with Crippen LogP contribution in [0.3, 0.4) is 0 Å². The highest BCUT2D eigenvalue weighted by atomic mass is 16.6. The van der Waals surface area contributed by atoms with Gasteiger partial charge in [-0.3, -0.25) is 4.98 Å². The molecule has 1 unspecified atom stereocenters. The van der Waals surface area contributed by atoms with Crippen molar-refractivity contribution >= 4 is 6.09 Å². The number of hydrogen-bond donors (Lipinski definition) is 0. The molecule has 1 fully saturated rings. The first-order valence-electron chi connectivity index (χ1n) is 7.28. The van der Waals surface area contributed by atoms with E-state index in [9.17, 15) is 4.79 Å². The van der Waals surface area contributed by atoms with Crippen molar-refractivity contribution in [1.29, 1.82) is 0 Å². The zero-order chi connectivity index (χ0) is 15.5. The van der Waals surface area contributed by atoms with E-state index in [1.165, 1.54) is 0 Å². The maximum absolute atomic E-state index is 12.1. The summed E-state index contributed by atoms with van der Waals surface area (Å²) in [6, 6.07) is 3.87. The van der Waals surface area contributed by atoms with Gasteiger partial charge in [0.25, 0.3) is 0 Å². The molecule has 5 heteroatoms. The van der Waals surface area contributed by atoms with Crippen LogP contribution in [0.2, 0.25) is 0 Å². The van der Waals surface area contributed by atoms with Crippen LogP contribution in [0.25, 0.3) is 0 Å². The van der Waals surface area contributed by atoms with Gasteiger partial charge in [-0.05, 0) is 45.7 Å². The molecule has 0 N–H and O–H groups in total. The fourth-order valence-electron chi connectivity index (χ4n) is 2.27. The average molecular weight is 292 g/mol. The summed E-state index contributed by atoms with van der Waals surface area (Å²) in [6.07, 6.45) is 4.08. The molecular formula is C16H24N2O3. The minimum Gasteiger partial charge on any atom is -0.444 e. The third kappa shape index (κ3) is 4.70. The van der Waals surface area contributed by atoms with Crippen LogP contribution in [0.15, 0.2) is 24.5 Å². The van der Waals surface area contributed by atoms with Crippen molar-refractivity contribution in [3.8, 4) is 0 Å². The number of likely N-dealkylation sites (tertiary alicyclic amines) is 1. The summed E-state index contributed by atoms with van der Waals surface area (Å²) in [5.74, 6) is 0. The van der Waals surface area contributed by atoms with E-state index in [0.717, 1.165) is 12.0 Å². The maximum Gasteiger partial charge on any atom is 0.410 e. The van der Waals surface area contributed by atoms with Gasteiger partial charge in [0, 0.05) is 18.9 Å². The number of nitrogens with zero attached hydrogens (tertiary/aromatic N) is 2. The molecule has 0 spiro atoms. The van der Waals surface area contributed by atoms with E-state index in [2.05, 4.69) is 4.98 Å². The lowest BCUT2D eigenvalue weighted by atomic mass is 10.1. The van der Waals surface area contributed by atoms with Crippen molar-refractivity contribution in [2.45, 2.75) is 51.9 Å². The molecule has 0 aromatic carbocycles. The van der Waals surface area contributed by atoms with Crippen molar-refractivity contribution in [3.63, 3.8) is 0 Å². The first-order chi connectivity index (χ1) is 9.77.